The van der Waals surface area contributed by atoms with Gasteiger partial charge in [-0.15, -0.1) is 0 Å². The van der Waals surface area contributed by atoms with Crippen molar-refractivity contribution in [2.24, 2.45) is 7.05 Å². The van der Waals surface area contributed by atoms with Gasteiger partial charge in [-0.3, -0.25) is 0 Å². The van der Waals surface area contributed by atoms with Crippen LogP contribution in [0.4, 0.5) is 0 Å². The number of nitrogens with zero attached hydrogens (tertiary/aromatic N) is 1. The maximum atomic E-state index is 6.59. The zero-order valence-electron chi connectivity index (χ0n) is 11.1. The molecule has 0 bridgehead atoms. The molecule has 4 rings (SSSR count). The van der Waals surface area contributed by atoms with Crippen LogP contribution in [0.1, 0.15) is 0 Å². The van der Waals surface area contributed by atoms with Gasteiger partial charge in [0.2, 0.25) is 11.0 Å². The van der Waals surface area contributed by atoms with E-state index in [0.717, 1.165) is 32.8 Å². The van der Waals surface area contributed by atoms with E-state index in [1.165, 1.54) is 0 Å². The van der Waals surface area contributed by atoms with E-state index in [9.17, 15) is 0 Å². The van der Waals surface area contributed by atoms with Gasteiger partial charge in [-0.25, -0.2) is 0 Å². The molecule has 0 fully saturated rings. The maximum Gasteiger partial charge on any atom is 0.240 e. The van der Waals surface area contributed by atoms with Gasteiger partial charge in [0.1, 0.15) is 12.6 Å². The summed E-state index contributed by atoms with van der Waals surface area (Å²) >= 11 is 12.9. The third-order valence-electron chi connectivity index (χ3n) is 3.81. The second-order valence-corrected chi connectivity index (χ2v) is 5.69. The molecular formula is C16H11Cl2IN2. The molecule has 106 valence electrons. The number of aromatic amines is 1. The first-order valence-electron chi connectivity index (χ1n) is 6.34. The van der Waals surface area contributed by atoms with E-state index in [0.29, 0.717) is 10.0 Å². The third kappa shape index (κ3) is 2.02. The highest BCUT2D eigenvalue weighted by molar-refractivity contribution is 6.45. The average Bonchev–Trinajstić information content (AvgIpc) is 2.84. The van der Waals surface area contributed by atoms with E-state index in [4.69, 9.17) is 23.2 Å². The normalized spacial score (nSPS) is 11.2. The van der Waals surface area contributed by atoms with E-state index < -0.39 is 0 Å². The van der Waals surface area contributed by atoms with Crippen LogP contribution >= 0.6 is 23.2 Å². The Morgan fingerprint density at radius 1 is 1.00 bits per heavy atom. The number of fused-ring (bicyclic) bond motifs is 4. The molecule has 1 N–H and O–H groups in total. The molecule has 0 aliphatic rings. The van der Waals surface area contributed by atoms with Crippen molar-refractivity contribution >= 4 is 56.0 Å². The van der Waals surface area contributed by atoms with Crippen molar-refractivity contribution in [1.29, 1.82) is 0 Å². The Labute approximate surface area is 148 Å². The summed E-state index contributed by atoms with van der Waals surface area (Å²) in [4.78, 5) is 3.40. The van der Waals surface area contributed by atoms with E-state index in [2.05, 4.69) is 21.7 Å². The van der Waals surface area contributed by atoms with Gasteiger partial charge in [-0.1, -0.05) is 41.4 Å². The van der Waals surface area contributed by atoms with Crippen molar-refractivity contribution < 1.29 is 28.5 Å². The van der Waals surface area contributed by atoms with E-state index in [-0.39, 0.29) is 24.0 Å². The van der Waals surface area contributed by atoms with E-state index in [1.54, 1.807) is 0 Å². The predicted octanol–water partition coefficient (Wildman–Crippen LogP) is 1.61. The number of rotatable bonds is 0. The molecule has 0 saturated carbocycles. The number of H-pyrrole nitrogens is 1. The number of hydrogen-bond donors (Lipinski definition) is 1. The fraction of sp³-hybridized carbons (Fsp3) is 0.0625. The van der Waals surface area contributed by atoms with Crippen LogP contribution in [0.15, 0.2) is 42.5 Å². The topological polar surface area (TPSA) is 19.7 Å². The van der Waals surface area contributed by atoms with Gasteiger partial charge in [-0.05, 0) is 18.2 Å². The Balaban J connectivity index is 0.00000132. The molecule has 2 nitrogen and oxygen atoms in total. The summed E-state index contributed by atoms with van der Waals surface area (Å²) in [5, 5.41) is 3.39. The van der Waals surface area contributed by atoms with Crippen LogP contribution < -0.4 is 28.5 Å². The Bertz CT molecular complexity index is 992. The second-order valence-electron chi connectivity index (χ2n) is 4.90. The zero-order chi connectivity index (χ0) is 13.9. The van der Waals surface area contributed by atoms with Crippen LogP contribution in [0.3, 0.4) is 0 Å². The van der Waals surface area contributed by atoms with Crippen molar-refractivity contribution in [2.75, 3.05) is 0 Å². The number of aromatic nitrogens is 2. The number of pyridine rings is 1. The fourth-order valence-electron chi connectivity index (χ4n) is 2.89. The highest BCUT2D eigenvalue weighted by atomic mass is 127. The SMILES string of the molecule is C[n+]1c2cccc(Cl)c2c(Cl)c2[nH]c3ccccc3c21.[I-]. The molecule has 4 aromatic rings. The van der Waals surface area contributed by atoms with Gasteiger partial charge in [0, 0.05) is 6.07 Å². The maximum absolute atomic E-state index is 6.59. The standard InChI is InChI=1S/C16H10Cl2N2.HI/c1-20-12-8-4-6-10(17)13(12)14(18)15-16(20)9-5-2-3-7-11(9)19-15;/h2-8H,1H3;1H. The van der Waals surface area contributed by atoms with Gasteiger partial charge in [0.15, 0.2) is 0 Å². The average molecular weight is 429 g/mol. The molecule has 0 radical (unpaired) electrons. The summed E-state index contributed by atoms with van der Waals surface area (Å²) in [6.07, 6.45) is 0. The molecule has 0 saturated heterocycles. The molecule has 0 unspecified atom stereocenters. The van der Waals surface area contributed by atoms with Crippen molar-refractivity contribution in [1.82, 2.24) is 4.98 Å². The van der Waals surface area contributed by atoms with Crippen LogP contribution in [-0.4, -0.2) is 4.98 Å². The Morgan fingerprint density at radius 2 is 1.76 bits per heavy atom. The highest BCUT2D eigenvalue weighted by Crippen LogP contribution is 2.35. The summed E-state index contributed by atoms with van der Waals surface area (Å²) in [6.45, 7) is 0. The molecule has 2 aromatic carbocycles. The molecule has 2 aromatic heterocycles. The largest absolute Gasteiger partial charge is 1.00 e. The first-order chi connectivity index (χ1) is 9.68. The monoisotopic (exact) mass is 428 g/mol. The molecule has 0 spiro atoms. The summed E-state index contributed by atoms with van der Waals surface area (Å²) in [7, 11) is 2.04. The second kappa shape index (κ2) is 5.30. The van der Waals surface area contributed by atoms with Crippen LogP contribution in [-0.2, 0) is 7.05 Å². The van der Waals surface area contributed by atoms with Crippen molar-refractivity contribution in [3.05, 3.63) is 52.5 Å². The molecule has 0 aliphatic carbocycles. The van der Waals surface area contributed by atoms with Crippen LogP contribution in [0.5, 0.6) is 0 Å². The number of hydrogen-bond acceptors (Lipinski definition) is 0. The molecule has 0 amide bonds. The first-order valence-corrected chi connectivity index (χ1v) is 7.10. The molecular weight excluding hydrogens is 418 g/mol. The Morgan fingerprint density at radius 3 is 2.57 bits per heavy atom. The van der Waals surface area contributed by atoms with Crippen molar-refractivity contribution in [2.45, 2.75) is 0 Å². The Kier molecular flexibility index (Phi) is 3.76. The van der Waals surface area contributed by atoms with Crippen LogP contribution in [0.25, 0.3) is 32.8 Å². The van der Waals surface area contributed by atoms with E-state index in [1.807, 2.05) is 37.4 Å². The zero-order valence-corrected chi connectivity index (χ0v) is 14.8. The first kappa shape index (κ1) is 14.9. The third-order valence-corrected chi connectivity index (χ3v) is 4.50. The van der Waals surface area contributed by atoms with Gasteiger partial charge in [0.25, 0.3) is 0 Å². The van der Waals surface area contributed by atoms with Crippen molar-refractivity contribution in [3.63, 3.8) is 0 Å². The lowest BCUT2D eigenvalue weighted by molar-refractivity contribution is -0.616. The minimum atomic E-state index is 0. The number of halogens is 3. The molecule has 21 heavy (non-hydrogen) atoms. The summed E-state index contributed by atoms with van der Waals surface area (Å²) in [5.41, 5.74) is 4.13. The van der Waals surface area contributed by atoms with Gasteiger partial charge in [-0.2, -0.15) is 4.57 Å². The lowest BCUT2D eigenvalue weighted by Crippen LogP contribution is -3.00. The summed E-state index contributed by atoms with van der Waals surface area (Å²) < 4.78 is 2.14. The lowest BCUT2D eigenvalue weighted by atomic mass is 10.1. The summed E-state index contributed by atoms with van der Waals surface area (Å²) in [6, 6.07) is 14.0. The molecule has 0 aliphatic heterocycles. The van der Waals surface area contributed by atoms with E-state index >= 15 is 0 Å². The number of nitrogens with one attached hydrogen (secondary N) is 1. The van der Waals surface area contributed by atoms with Crippen LogP contribution in [0, 0.1) is 0 Å². The van der Waals surface area contributed by atoms with Gasteiger partial charge < -0.3 is 29.0 Å². The number of aryl methyl sites for hydroxylation is 1. The predicted molar refractivity (Wildman–Crippen MR) is 84.5 cm³/mol. The minimum absolute atomic E-state index is 0. The number of benzene rings is 2. The van der Waals surface area contributed by atoms with Crippen molar-refractivity contribution in [3.8, 4) is 0 Å². The minimum Gasteiger partial charge on any atom is -1.00 e. The Hall–Kier alpha value is -1.04. The van der Waals surface area contributed by atoms with Gasteiger partial charge in [0.05, 0.1) is 26.3 Å². The highest BCUT2D eigenvalue weighted by Gasteiger charge is 2.22. The van der Waals surface area contributed by atoms with Gasteiger partial charge >= 0.3 is 0 Å². The van der Waals surface area contributed by atoms with Crippen LogP contribution in [0.2, 0.25) is 10.0 Å². The summed E-state index contributed by atoms with van der Waals surface area (Å²) in [5.74, 6) is 0. The fourth-order valence-corrected chi connectivity index (χ4v) is 3.54. The smallest absolute Gasteiger partial charge is 0.240 e. The molecule has 2 heterocycles. The number of para-hydroxylation sites is 1. The molecule has 0 atom stereocenters. The lowest BCUT2D eigenvalue weighted by Gasteiger charge is -2.03. The quantitative estimate of drug-likeness (QED) is 0.324. The molecule has 5 heteroatoms.